The van der Waals surface area contributed by atoms with E-state index in [2.05, 4.69) is 0 Å². The van der Waals surface area contributed by atoms with Gasteiger partial charge in [-0.25, -0.2) is 0 Å². The Hall–Kier alpha value is -1.82. The molecule has 1 saturated heterocycles. The molecule has 1 aromatic heterocycles. The summed E-state index contributed by atoms with van der Waals surface area (Å²) in [6.07, 6.45) is 3.22. The lowest BCUT2D eigenvalue weighted by Crippen LogP contribution is -2.43. The maximum Gasteiger partial charge on any atom is 0.308 e. The molecule has 110 valence electrons. The number of aromatic nitrogens is 1. The van der Waals surface area contributed by atoms with Gasteiger partial charge in [0.15, 0.2) is 0 Å². The number of ether oxygens (including phenoxy) is 1. The second-order valence-electron chi connectivity index (χ2n) is 5.01. The van der Waals surface area contributed by atoms with E-state index in [0.29, 0.717) is 38.4 Å². The lowest BCUT2D eigenvalue weighted by Gasteiger charge is -2.31. The van der Waals surface area contributed by atoms with E-state index in [1.54, 1.807) is 18.1 Å². The van der Waals surface area contributed by atoms with Crippen LogP contribution >= 0.6 is 0 Å². The number of amides is 1. The molecule has 1 fully saturated rings. The Labute approximate surface area is 117 Å². The summed E-state index contributed by atoms with van der Waals surface area (Å²) in [4.78, 5) is 25.2. The van der Waals surface area contributed by atoms with E-state index in [4.69, 9.17) is 9.84 Å². The van der Waals surface area contributed by atoms with Crippen LogP contribution < -0.4 is 0 Å². The SMILES string of the molecule is COCCn1cccc1C(=O)N1CCC[C@H](C(=O)O)C1. The number of hydrogen-bond acceptors (Lipinski definition) is 3. The molecule has 1 aliphatic heterocycles. The molecule has 1 aliphatic rings. The van der Waals surface area contributed by atoms with E-state index in [1.165, 1.54) is 0 Å². The number of aliphatic carboxylic acids is 1. The fraction of sp³-hybridized carbons (Fsp3) is 0.571. The molecule has 0 saturated carbocycles. The maximum atomic E-state index is 12.5. The number of carboxylic acid groups (broad SMARTS) is 1. The van der Waals surface area contributed by atoms with Gasteiger partial charge in [-0.3, -0.25) is 9.59 Å². The van der Waals surface area contributed by atoms with Gasteiger partial charge in [0.2, 0.25) is 0 Å². The van der Waals surface area contributed by atoms with Crippen molar-refractivity contribution in [2.75, 3.05) is 26.8 Å². The van der Waals surface area contributed by atoms with Crippen LogP contribution in [0.5, 0.6) is 0 Å². The Kier molecular flexibility index (Phi) is 4.79. The van der Waals surface area contributed by atoms with Crippen molar-refractivity contribution < 1.29 is 19.4 Å². The first-order chi connectivity index (χ1) is 9.63. The second-order valence-corrected chi connectivity index (χ2v) is 5.01. The number of carboxylic acids is 1. The number of carbonyl (C=O) groups is 2. The first-order valence-corrected chi connectivity index (χ1v) is 6.79. The minimum absolute atomic E-state index is 0.1000. The minimum atomic E-state index is -0.822. The summed E-state index contributed by atoms with van der Waals surface area (Å²) in [5, 5.41) is 9.08. The van der Waals surface area contributed by atoms with Crippen LogP contribution in [0, 0.1) is 5.92 Å². The minimum Gasteiger partial charge on any atom is -0.481 e. The van der Waals surface area contributed by atoms with Crippen LogP contribution in [-0.2, 0) is 16.1 Å². The first-order valence-electron chi connectivity index (χ1n) is 6.79. The predicted octanol–water partition coefficient (Wildman–Crippen LogP) is 1.07. The van der Waals surface area contributed by atoms with Gasteiger partial charge in [-0.2, -0.15) is 0 Å². The molecule has 0 unspecified atom stereocenters. The highest BCUT2D eigenvalue weighted by atomic mass is 16.5. The number of nitrogens with zero attached hydrogens (tertiary/aromatic N) is 2. The van der Waals surface area contributed by atoms with E-state index >= 15 is 0 Å². The van der Waals surface area contributed by atoms with Gasteiger partial charge < -0.3 is 19.3 Å². The van der Waals surface area contributed by atoms with E-state index < -0.39 is 11.9 Å². The Morgan fingerprint density at radius 3 is 3.00 bits per heavy atom. The Morgan fingerprint density at radius 1 is 1.50 bits per heavy atom. The van der Waals surface area contributed by atoms with E-state index in [1.807, 2.05) is 16.8 Å². The molecule has 1 N–H and O–H groups in total. The molecule has 1 amide bonds. The molecule has 0 spiro atoms. The van der Waals surface area contributed by atoms with Crippen LogP contribution in [0.15, 0.2) is 18.3 Å². The number of carbonyl (C=O) groups excluding carboxylic acids is 1. The third-order valence-corrected chi connectivity index (χ3v) is 3.64. The highest BCUT2D eigenvalue weighted by molar-refractivity contribution is 5.93. The highest BCUT2D eigenvalue weighted by Crippen LogP contribution is 2.19. The van der Waals surface area contributed by atoms with Crippen molar-refractivity contribution in [3.05, 3.63) is 24.0 Å². The number of piperidine rings is 1. The van der Waals surface area contributed by atoms with Crippen molar-refractivity contribution in [1.29, 1.82) is 0 Å². The fourth-order valence-corrected chi connectivity index (χ4v) is 2.52. The maximum absolute atomic E-state index is 12.5. The van der Waals surface area contributed by atoms with Gasteiger partial charge in [0.25, 0.3) is 5.91 Å². The average Bonchev–Trinajstić information content (AvgIpc) is 2.92. The molecule has 6 heteroatoms. The van der Waals surface area contributed by atoms with Gasteiger partial charge in [0.1, 0.15) is 5.69 Å². The van der Waals surface area contributed by atoms with Crippen LogP contribution in [0.4, 0.5) is 0 Å². The topological polar surface area (TPSA) is 71.8 Å². The standard InChI is InChI=1S/C14H20N2O4/c1-20-9-8-15-6-3-5-12(15)13(17)16-7-2-4-11(10-16)14(18)19/h3,5-6,11H,2,4,7-10H2,1H3,(H,18,19)/t11-/m0/s1. The first kappa shape index (κ1) is 14.6. The van der Waals surface area contributed by atoms with Crippen molar-refractivity contribution in [3.63, 3.8) is 0 Å². The highest BCUT2D eigenvalue weighted by Gasteiger charge is 2.29. The molecule has 6 nitrogen and oxygen atoms in total. The Morgan fingerprint density at radius 2 is 2.30 bits per heavy atom. The van der Waals surface area contributed by atoms with Crippen molar-refractivity contribution in [2.45, 2.75) is 19.4 Å². The van der Waals surface area contributed by atoms with Crippen molar-refractivity contribution in [3.8, 4) is 0 Å². The summed E-state index contributed by atoms with van der Waals surface area (Å²) in [7, 11) is 1.62. The van der Waals surface area contributed by atoms with Gasteiger partial charge in [0.05, 0.1) is 12.5 Å². The molecular weight excluding hydrogens is 260 g/mol. The van der Waals surface area contributed by atoms with Gasteiger partial charge in [-0.1, -0.05) is 0 Å². The molecule has 0 aliphatic carbocycles. The number of likely N-dealkylation sites (tertiary alicyclic amines) is 1. The van der Waals surface area contributed by atoms with Crippen molar-refractivity contribution in [1.82, 2.24) is 9.47 Å². The molecule has 0 radical (unpaired) electrons. The van der Waals surface area contributed by atoms with Gasteiger partial charge in [0, 0.05) is 32.9 Å². The van der Waals surface area contributed by atoms with Crippen molar-refractivity contribution in [2.24, 2.45) is 5.92 Å². The van der Waals surface area contributed by atoms with Crippen LogP contribution in [0.2, 0.25) is 0 Å². The van der Waals surface area contributed by atoms with Crippen LogP contribution in [0.3, 0.4) is 0 Å². The molecule has 0 bridgehead atoms. The molecule has 1 atom stereocenters. The summed E-state index contributed by atoms with van der Waals surface area (Å²) in [6.45, 7) is 2.06. The Balaban J connectivity index is 2.07. The summed E-state index contributed by atoms with van der Waals surface area (Å²) in [6, 6.07) is 3.59. The van der Waals surface area contributed by atoms with E-state index in [0.717, 1.165) is 6.42 Å². The smallest absolute Gasteiger partial charge is 0.308 e. The van der Waals surface area contributed by atoms with Crippen LogP contribution in [0.1, 0.15) is 23.3 Å². The van der Waals surface area contributed by atoms with Gasteiger partial charge in [-0.15, -0.1) is 0 Å². The largest absolute Gasteiger partial charge is 0.481 e. The molecular formula is C14H20N2O4. The second kappa shape index (κ2) is 6.56. The molecule has 0 aromatic carbocycles. The zero-order valence-corrected chi connectivity index (χ0v) is 11.6. The molecule has 2 rings (SSSR count). The zero-order valence-electron chi connectivity index (χ0n) is 11.6. The monoisotopic (exact) mass is 280 g/mol. The number of hydrogen-bond donors (Lipinski definition) is 1. The Bertz CT molecular complexity index is 483. The molecule has 2 heterocycles. The number of rotatable bonds is 5. The number of methoxy groups -OCH3 is 1. The third-order valence-electron chi connectivity index (χ3n) is 3.64. The molecule has 20 heavy (non-hydrogen) atoms. The van der Waals surface area contributed by atoms with Crippen LogP contribution in [0.25, 0.3) is 0 Å². The lowest BCUT2D eigenvalue weighted by atomic mass is 9.98. The predicted molar refractivity (Wildman–Crippen MR) is 72.6 cm³/mol. The zero-order chi connectivity index (χ0) is 14.5. The quantitative estimate of drug-likeness (QED) is 0.875. The van der Waals surface area contributed by atoms with E-state index in [9.17, 15) is 9.59 Å². The lowest BCUT2D eigenvalue weighted by molar-refractivity contribution is -0.143. The summed E-state index contributed by atoms with van der Waals surface area (Å²) in [5.74, 6) is -1.37. The summed E-state index contributed by atoms with van der Waals surface area (Å²) < 4.78 is 6.86. The van der Waals surface area contributed by atoms with Gasteiger partial charge >= 0.3 is 5.97 Å². The summed E-state index contributed by atoms with van der Waals surface area (Å²) >= 11 is 0. The fourth-order valence-electron chi connectivity index (χ4n) is 2.52. The van der Waals surface area contributed by atoms with Crippen LogP contribution in [-0.4, -0.2) is 53.3 Å². The van der Waals surface area contributed by atoms with Crippen molar-refractivity contribution >= 4 is 11.9 Å². The van der Waals surface area contributed by atoms with E-state index in [-0.39, 0.29) is 5.91 Å². The summed E-state index contributed by atoms with van der Waals surface area (Å²) in [5.41, 5.74) is 0.591. The van der Waals surface area contributed by atoms with Gasteiger partial charge in [-0.05, 0) is 25.0 Å². The normalized spacial score (nSPS) is 19.1. The molecule has 1 aromatic rings. The average molecular weight is 280 g/mol. The third kappa shape index (κ3) is 3.19.